The first-order valence-electron chi connectivity index (χ1n) is 5.74. The van der Waals surface area contributed by atoms with Gasteiger partial charge in [-0.2, -0.15) is 0 Å². The van der Waals surface area contributed by atoms with Crippen molar-refractivity contribution in [3.8, 4) is 11.3 Å². The molecule has 0 amide bonds. The van der Waals surface area contributed by atoms with Crippen molar-refractivity contribution in [1.29, 1.82) is 0 Å². The molecular weight excluding hydrogens is 224 g/mol. The van der Waals surface area contributed by atoms with E-state index in [0.29, 0.717) is 0 Å². The van der Waals surface area contributed by atoms with Gasteiger partial charge in [-0.15, -0.1) is 0 Å². The highest BCUT2D eigenvalue weighted by Gasteiger charge is 2.10. The Balaban J connectivity index is 2.01. The topological polar surface area (TPSA) is 41.8 Å². The van der Waals surface area contributed by atoms with Crippen molar-refractivity contribution < 1.29 is 4.42 Å². The van der Waals surface area contributed by atoms with Crippen LogP contribution >= 0.6 is 0 Å². The molecule has 3 heteroatoms. The molecule has 4 rings (SSSR count). The van der Waals surface area contributed by atoms with E-state index in [1.807, 2.05) is 42.6 Å². The lowest BCUT2D eigenvalue weighted by atomic mass is 10.1. The van der Waals surface area contributed by atoms with Gasteiger partial charge in [-0.3, -0.25) is 0 Å². The van der Waals surface area contributed by atoms with Crippen molar-refractivity contribution in [2.45, 2.75) is 0 Å². The van der Waals surface area contributed by atoms with Crippen molar-refractivity contribution >= 4 is 22.0 Å². The largest absolute Gasteiger partial charge is 0.456 e. The molecule has 0 saturated carbocycles. The van der Waals surface area contributed by atoms with Gasteiger partial charge in [-0.1, -0.05) is 6.07 Å². The molecular formula is C15H9N2O. The van der Waals surface area contributed by atoms with Crippen LogP contribution in [0.5, 0.6) is 0 Å². The molecule has 0 aliphatic rings. The summed E-state index contributed by atoms with van der Waals surface area (Å²) in [6.45, 7) is 0. The standard InChI is InChI=1S/C15H9N2O/c1-2-6-13-10(4-1)8-14(18-13)12-9-17-15-11(12)5-3-7-16-15/h2-9H,(H,16,17). The van der Waals surface area contributed by atoms with Crippen LogP contribution in [0.4, 0.5) is 0 Å². The predicted molar refractivity (Wildman–Crippen MR) is 70.1 cm³/mol. The van der Waals surface area contributed by atoms with E-state index in [1.54, 1.807) is 6.20 Å². The van der Waals surface area contributed by atoms with Crippen LogP contribution in [0.2, 0.25) is 0 Å². The number of fused-ring (bicyclic) bond motifs is 2. The second kappa shape index (κ2) is 3.47. The van der Waals surface area contributed by atoms with Gasteiger partial charge in [-0.05, 0) is 36.4 Å². The summed E-state index contributed by atoms with van der Waals surface area (Å²) in [6, 6.07) is 14.7. The molecule has 0 saturated heterocycles. The third-order valence-electron chi connectivity index (χ3n) is 3.08. The Labute approximate surface area is 103 Å². The van der Waals surface area contributed by atoms with Gasteiger partial charge in [0.15, 0.2) is 0 Å². The molecule has 18 heavy (non-hydrogen) atoms. The van der Waals surface area contributed by atoms with Crippen LogP contribution < -0.4 is 0 Å². The molecule has 0 bridgehead atoms. The third kappa shape index (κ3) is 1.27. The number of nitrogens with zero attached hydrogens (tertiary/aromatic N) is 1. The monoisotopic (exact) mass is 233 g/mol. The van der Waals surface area contributed by atoms with Crippen LogP contribution in [0.25, 0.3) is 33.3 Å². The van der Waals surface area contributed by atoms with Crippen LogP contribution in [-0.4, -0.2) is 9.97 Å². The zero-order valence-corrected chi connectivity index (χ0v) is 9.47. The summed E-state index contributed by atoms with van der Waals surface area (Å²) in [5.41, 5.74) is 2.79. The highest BCUT2D eigenvalue weighted by atomic mass is 16.3. The van der Waals surface area contributed by atoms with Crippen molar-refractivity contribution in [3.63, 3.8) is 0 Å². The van der Waals surface area contributed by atoms with Crippen LogP contribution in [-0.2, 0) is 0 Å². The fourth-order valence-corrected chi connectivity index (χ4v) is 2.22. The molecule has 4 aromatic rings. The van der Waals surface area contributed by atoms with E-state index in [1.165, 1.54) is 0 Å². The number of hydrogen-bond acceptors (Lipinski definition) is 2. The lowest BCUT2D eigenvalue weighted by Crippen LogP contribution is -1.73. The Morgan fingerprint density at radius 1 is 1.28 bits per heavy atom. The summed E-state index contributed by atoms with van der Waals surface area (Å²) >= 11 is 0. The van der Waals surface area contributed by atoms with Gasteiger partial charge in [0.1, 0.15) is 17.0 Å². The number of aromatic nitrogens is 2. The smallest absolute Gasteiger partial charge is 0.137 e. The Bertz CT molecular complexity index is 809. The van der Waals surface area contributed by atoms with Gasteiger partial charge in [-0.25, -0.2) is 4.98 Å². The average molecular weight is 233 g/mol. The number of furan rings is 1. The van der Waals surface area contributed by atoms with E-state index in [2.05, 4.69) is 16.0 Å². The normalized spacial score (nSPS) is 11.3. The summed E-state index contributed by atoms with van der Waals surface area (Å²) in [4.78, 5) is 7.43. The number of nitrogens with one attached hydrogen (secondary N) is 1. The maximum absolute atomic E-state index is 5.85. The first-order chi connectivity index (χ1) is 8.92. The van der Waals surface area contributed by atoms with Crippen LogP contribution in [0.3, 0.4) is 0 Å². The fraction of sp³-hybridized carbons (Fsp3) is 0. The molecule has 3 nitrogen and oxygen atoms in total. The first-order valence-corrected chi connectivity index (χ1v) is 5.74. The SMILES string of the molecule is [c]1ccc2oc(-c3c[nH]c4ncccc34)cc2c1. The second-order valence-corrected chi connectivity index (χ2v) is 4.18. The molecule has 0 aliphatic heterocycles. The summed E-state index contributed by atoms with van der Waals surface area (Å²) < 4.78 is 5.85. The molecule has 0 unspecified atom stereocenters. The molecule has 1 aromatic carbocycles. The molecule has 1 N–H and O–H groups in total. The van der Waals surface area contributed by atoms with E-state index in [4.69, 9.17) is 4.42 Å². The number of benzene rings is 1. The number of hydrogen-bond donors (Lipinski definition) is 1. The van der Waals surface area contributed by atoms with Crippen molar-refractivity contribution in [2.24, 2.45) is 0 Å². The van der Waals surface area contributed by atoms with E-state index in [9.17, 15) is 0 Å². The van der Waals surface area contributed by atoms with Crippen molar-refractivity contribution in [2.75, 3.05) is 0 Å². The molecule has 3 heterocycles. The summed E-state index contributed by atoms with van der Waals surface area (Å²) in [6.07, 6.45) is 3.70. The minimum absolute atomic E-state index is 0.851. The average Bonchev–Trinajstić information content (AvgIpc) is 3.02. The Kier molecular flexibility index (Phi) is 1.83. The van der Waals surface area contributed by atoms with Gasteiger partial charge in [0, 0.05) is 28.7 Å². The number of H-pyrrole nitrogens is 1. The summed E-state index contributed by atoms with van der Waals surface area (Å²) in [7, 11) is 0. The van der Waals surface area contributed by atoms with E-state index in [-0.39, 0.29) is 0 Å². The van der Waals surface area contributed by atoms with Gasteiger partial charge in [0.2, 0.25) is 0 Å². The highest BCUT2D eigenvalue weighted by molar-refractivity contribution is 5.94. The highest BCUT2D eigenvalue weighted by Crippen LogP contribution is 2.31. The predicted octanol–water partition coefficient (Wildman–Crippen LogP) is 3.78. The number of pyridine rings is 1. The molecule has 0 fully saturated rings. The number of rotatable bonds is 1. The van der Waals surface area contributed by atoms with Gasteiger partial charge in [0.05, 0.1) is 0 Å². The maximum atomic E-state index is 5.85. The lowest BCUT2D eigenvalue weighted by molar-refractivity contribution is 0.632. The molecule has 85 valence electrons. The quantitative estimate of drug-likeness (QED) is 0.543. The molecule has 0 atom stereocenters. The summed E-state index contributed by atoms with van der Waals surface area (Å²) in [5, 5.41) is 2.13. The molecule has 3 aromatic heterocycles. The Hall–Kier alpha value is -2.55. The van der Waals surface area contributed by atoms with E-state index in [0.717, 1.165) is 33.3 Å². The van der Waals surface area contributed by atoms with Gasteiger partial charge < -0.3 is 9.40 Å². The Morgan fingerprint density at radius 3 is 3.22 bits per heavy atom. The third-order valence-corrected chi connectivity index (χ3v) is 3.08. The van der Waals surface area contributed by atoms with Gasteiger partial charge in [0.25, 0.3) is 0 Å². The Morgan fingerprint density at radius 2 is 2.28 bits per heavy atom. The van der Waals surface area contributed by atoms with Crippen molar-refractivity contribution in [3.05, 3.63) is 54.9 Å². The van der Waals surface area contributed by atoms with Gasteiger partial charge >= 0.3 is 0 Å². The summed E-state index contributed by atoms with van der Waals surface area (Å²) in [5.74, 6) is 0.851. The van der Waals surface area contributed by atoms with Crippen LogP contribution in [0, 0.1) is 6.07 Å². The van der Waals surface area contributed by atoms with E-state index < -0.39 is 0 Å². The zero-order valence-electron chi connectivity index (χ0n) is 9.47. The van der Waals surface area contributed by atoms with E-state index >= 15 is 0 Å². The number of aromatic amines is 1. The van der Waals surface area contributed by atoms with Crippen molar-refractivity contribution in [1.82, 2.24) is 9.97 Å². The first kappa shape index (κ1) is 9.48. The minimum Gasteiger partial charge on any atom is -0.456 e. The molecule has 0 aliphatic carbocycles. The zero-order chi connectivity index (χ0) is 11.9. The van der Waals surface area contributed by atoms with Crippen LogP contribution in [0.1, 0.15) is 0 Å². The second-order valence-electron chi connectivity index (χ2n) is 4.18. The molecule has 1 radical (unpaired) electrons. The fourth-order valence-electron chi connectivity index (χ4n) is 2.22. The lowest BCUT2D eigenvalue weighted by Gasteiger charge is -1.92. The minimum atomic E-state index is 0.851. The molecule has 0 spiro atoms. The van der Waals surface area contributed by atoms with Crippen LogP contribution in [0.15, 0.2) is 53.2 Å². The maximum Gasteiger partial charge on any atom is 0.137 e.